The molecule has 1 N–H and O–H groups in total. The number of sulfonamides is 1. The normalized spacial score (nSPS) is 15.8. The van der Waals surface area contributed by atoms with Gasteiger partial charge in [-0.2, -0.15) is 4.31 Å². The molecule has 3 aromatic rings. The molecule has 0 radical (unpaired) electrons. The molecule has 1 aliphatic rings. The van der Waals surface area contributed by atoms with Gasteiger partial charge in [0.2, 0.25) is 10.0 Å². The SMILES string of the molecule is O=C(COC(=O)CC1c2ccccc2CCN1S(=O)(=O)c1ccc(F)cc1)Nc1cccc(F)c1. The third-order valence-corrected chi connectivity index (χ3v) is 7.54. The number of carbonyl (C=O) groups is 2. The Kier molecular flexibility index (Phi) is 7.23. The number of hydrogen-bond acceptors (Lipinski definition) is 5. The average molecular weight is 501 g/mol. The van der Waals surface area contributed by atoms with Gasteiger partial charge in [0, 0.05) is 12.2 Å². The fourth-order valence-electron chi connectivity index (χ4n) is 4.00. The molecule has 0 bridgehead atoms. The number of rotatable bonds is 7. The molecule has 1 amide bonds. The number of nitrogens with one attached hydrogen (secondary N) is 1. The maximum Gasteiger partial charge on any atom is 0.308 e. The predicted molar refractivity (Wildman–Crippen MR) is 124 cm³/mol. The third-order valence-electron chi connectivity index (χ3n) is 5.62. The number of esters is 1. The number of anilines is 1. The van der Waals surface area contributed by atoms with Crippen molar-refractivity contribution in [3.63, 3.8) is 0 Å². The molecule has 0 aromatic heterocycles. The number of ether oxygens (including phenoxy) is 1. The summed E-state index contributed by atoms with van der Waals surface area (Å²) in [4.78, 5) is 24.7. The number of carbonyl (C=O) groups excluding carboxylic acids is 2. The number of benzene rings is 3. The van der Waals surface area contributed by atoms with Crippen molar-refractivity contribution in [2.45, 2.75) is 23.8 Å². The Morgan fingerprint density at radius 2 is 1.71 bits per heavy atom. The van der Waals surface area contributed by atoms with Crippen LogP contribution in [0.2, 0.25) is 0 Å². The fourth-order valence-corrected chi connectivity index (χ4v) is 5.60. The second-order valence-electron chi connectivity index (χ2n) is 7.96. The van der Waals surface area contributed by atoms with E-state index in [-0.39, 0.29) is 23.5 Å². The van der Waals surface area contributed by atoms with Crippen molar-refractivity contribution in [2.24, 2.45) is 0 Å². The maximum atomic E-state index is 13.4. The van der Waals surface area contributed by atoms with E-state index in [0.29, 0.717) is 12.0 Å². The second-order valence-corrected chi connectivity index (χ2v) is 9.85. The van der Waals surface area contributed by atoms with E-state index in [9.17, 15) is 26.8 Å². The first kappa shape index (κ1) is 24.5. The molecule has 10 heteroatoms. The van der Waals surface area contributed by atoms with Crippen molar-refractivity contribution in [1.29, 1.82) is 0 Å². The number of hydrogen-bond donors (Lipinski definition) is 1. The lowest BCUT2D eigenvalue weighted by molar-refractivity contribution is -0.148. The molecule has 0 saturated heterocycles. The Hall–Kier alpha value is -3.63. The largest absolute Gasteiger partial charge is 0.456 e. The highest BCUT2D eigenvalue weighted by atomic mass is 32.2. The lowest BCUT2D eigenvalue weighted by atomic mass is 9.92. The number of fused-ring (bicyclic) bond motifs is 1. The van der Waals surface area contributed by atoms with E-state index in [4.69, 9.17) is 4.74 Å². The summed E-state index contributed by atoms with van der Waals surface area (Å²) in [6.07, 6.45) is 0.114. The molecule has 182 valence electrons. The molecule has 1 aliphatic heterocycles. The zero-order valence-corrected chi connectivity index (χ0v) is 19.3. The van der Waals surface area contributed by atoms with Crippen molar-refractivity contribution in [3.05, 3.63) is 95.6 Å². The minimum Gasteiger partial charge on any atom is -0.456 e. The molecule has 0 aliphatic carbocycles. The van der Waals surface area contributed by atoms with Crippen molar-refractivity contribution < 1.29 is 31.5 Å². The summed E-state index contributed by atoms with van der Waals surface area (Å²) in [5, 5.41) is 2.42. The van der Waals surface area contributed by atoms with Gasteiger partial charge in [0.05, 0.1) is 17.4 Å². The minimum absolute atomic E-state index is 0.0916. The molecule has 4 rings (SSSR count). The predicted octanol–water partition coefficient (Wildman–Crippen LogP) is 3.82. The van der Waals surface area contributed by atoms with E-state index in [1.807, 2.05) is 12.1 Å². The van der Waals surface area contributed by atoms with Crippen LogP contribution in [0, 0.1) is 11.6 Å². The summed E-state index contributed by atoms with van der Waals surface area (Å²) < 4.78 is 59.6. The van der Waals surface area contributed by atoms with Gasteiger partial charge < -0.3 is 10.1 Å². The molecule has 0 spiro atoms. The number of nitrogens with zero attached hydrogens (tertiary/aromatic N) is 1. The smallest absolute Gasteiger partial charge is 0.308 e. The van der Waals surface area contributed by atoms with Crippen LogP contribution in [-0.2, 0) is 30.8 Å². The Bertz CT molecular complexity index is 1350. The minimum atomic E-state index is -4.05. The van der Waals surface area contributed by atoms with E-state index in [2.05, 4.69) is 5.32 Å². The fraction of sp³-hybridized carbons (Fsp3) is 0.200. The molecular weight excluding hydrogens is 478 g/mol. The monoisotopic (exact) mass is 500 g/mol. The summed E-state index contributed by atoms with van der Waals surface area (Å²) >= 11 is 0. The van der Waals surface area contributed by atoms with Gasteiger partial charge in [0.1, 0.15) is 11.6 Å². The van der Waals surface area contributed by atoms with Gasteiger partial charge in [0.25, 0.3) is 5.91 Å². The second kappa shape index (κ2) is 10.3. The van der Waals surface area contributed by atoms with Crippen LogP contribution in [0.1, 0.15) is 23.6 Å². The summed E-state index contributed by atoms with van der Waals surface area (Å²) in [7, 11) is -4.05. The van der Waals surface area contributed by atoms with Crippen LogP contribution in [0.25, 0.3) is 0 Å². The zero-order valence-electron chi connectivity index (χ0n) is 18.5. The van der Waals surface area contributed by atoms with Crippen LogP contribution >= 0.6 is 0 Å². The van der Waals surface area contributed by atoms with Gasteiger partial charge in [-0.1, -0.05) is 30.3 Å². The summed E-state index contributed by atoms with van der Waals surface area (Å²) in [6, 6.07) is 16.1. The standard InChI is InChI=1S/C25H22F2N2O5S/c26-18-8-10-21(11-9-18)35(32,33)29-13-12-17-4-1-2-7-22(17)23(29)15-25(31)34-16-24(30)28-20-6-3-5-19(27)14-20/h1-11,14,23H,12-13,15-16H2,(H,28,30). The van der Waals surface area contributed by atoms with Crippen LogP contribution in [-0.4, -0.2) is 37.8 Å². The molecule has 1 unspecified atom stereocenters. The van der Waals surface area contributed by atoms with E-state index in [1.54, 1.807) is 12.1 Å². The molecule has 7 nitrogen and oxygen atoms in total. The third kappa shape index (κ3) is 5.72. The Morgan fingerprint density at radius 3 is 2.46 bits per heavy atom. The van der Waals surface area contributed by atoms with Crippen molar-refractivity contribution in [3.8, 4) is 0 Å². The van der Waals surface area contributed by atoms with Gasteiger partial charge in [-0.3, -0.25) is 9.59 Å². The number of amides is 1. The molecule has 1 atom stereocenters. The van der Waals surface area contributed by atoms with E-state index in [0.717, 1.165) is 23.8 Å². The van der Waals surface area contributed by atoms with Crippen LogP contribution < -0.4 is 5.32 Å². The van der Waals surface area contributed by atoms with Gasteiger partial charge in [-0.25, -0.2) is 17.2 Å². The molecule has 0 fully saturated rings. The first-order chi connectivity index (χ1) is 16.7. The summed E-state index contributed by atoms with van der Waals surface area (Å²) in [5.74, 6) is -2.54. The van der Waals surface area contributed by atoms with Gasteiger partial charge >= 0.3 is 5.97 Å². The summed E-state index contributed by atoms with van der Waals surface area (Å²) in [5.41, 5.74) is 1.77. The molecule has 0 saturated carbocycles. The maximum absolute atomic E-state index is 13.4. The van der Waals surface area contributed by atoms with Gasteiger partial charge in [-0.15, -0.1) is 0 Å². The van der Waals surface area contributed by atoms with Gasteiger partial charge in [0.15, 0.2) is 6.61 Å². The van der Waals surface area contributed by atoms with E-state index in [1.165, 1.54) is 34.6 Å². The van der Waals surface area contributed by atoms with Crippen LogP contribution in [0.4, 0.5) is 14.5 Å². The zero-order chi connectivity index (χ0) is 25.0. The van der Waals surface area contributed by atoms with Crippen molar-refractivity contribution in [1.82, 2.24) is 4.31 Å². The highest BCUT2D eigenvalue weighted by Crippen LogP contribution is 2.36. The lowest BCUT2D eigenvalue weighted by Gasteiger charge is -2.36. The van der Waals surface area contributed by atoms with Crippen LogP contribution in [0.3, 0.4) is 0 Å². The average Bonchev–Trinajstić information content (AvgIpc) is 2.83. The molecule has 1 heterocycles. The highest BCUT2D eigenvalue weighted by molar-refractivity contribution is 7.89. The van der Waals surface area contributed by atoms with E-state index >= 15 is 0 Å². The first-order valence-corrected chi connectivity index (χ1v) is 12.2. The van der Waals surface area contributed by atoms with Gasteiger partial charge in [-0.05, 0) is 60.0 Å². The van der Waals surface area contributed by atoms with Crippen LogP contribution in [0.5, 0.6) is 0 Å². The first-order valence-electron chi connectivity index (χ1n) is 10.8. The van der Waals surface area contributed by atoms with Crippen molar-refractivity contribution >= 4 is 27.6 Å². The lowest BCUT2D eigenvalue weighted by Crippen LogP contribution is -2.41. The van der Waals surface area contributed by atoms with E-state index < -0.39 is 46.2 Å². The highest BCUT2D eigenvalue weighted by Gasteiger charge is 2.37. The Morgan fingerprint density at radius 1 is 0.971 bits per heavy atom. The topological polar surface area (TPSA) is 92.8 Å². The molecular formula is C25H22F2N2O5S. The molecule has 3 aromatic carbocycles. The number of halogens is 2. The summed E-state index contributed by atoms with van der Waals surface area (Å²) in [6.45, 7) is -0.497. The Balaban J connectivity index is 1.50. The quantitative estimate of drug-likeness (QED) is 0.498. The van der Waals surface area contributed by atoms with Crippen LogP contribution in [0.15, 0.2) is 77.7 Å². The molecule has 35 heavy (non-hydrogen) atoms. The van der Waals surface area contributed by atoms with Crippen molar-refractivity contribution in [2.75, 3.05) is 18.5 Å². The Labute approximate surface area is 201 Å².